The molecule has 0 heterocycles. The number of benzene rings is 3. The lowest BCUT2D eigenvalue weighted by Gasteiger charge is -2.15. The summed E-state index contributed by atoms with van der Waals surface area (Å²) in [5.41, 5.74) is 4.80. The van der Waals surface area contributed by atoms with E-state index >= 15 is 0 Å². The second kappa shape index (κ2) is 8.32. The predicted molar refractivity (Wildman–Crippen MR) is 109 cm³/mol. The fourth-order valence-corrected chi connectivity index (χ4v) is 3.27. The first-order valence-corrected chi connectivity index (χ1v) is 10.7. The third-order valence-corrected chi connectivity index (χ3v) is 5.38. The molecule has 0 aliphatic rings. The highest BCUT2D eigenvalue weighted by atomic mass is 32.2. The van der Waals surface area contributed by atoms with Crippen molar-refractivity contribution >= 4 is 32.4 Å². The van der Waals surface area contributed by atoms with Crippen molar-refractivity contribution in [3.05, 3.63) is 72.3 Å². The molecule has 1 atom stereocenters. The fraction of sp³-hybridized carbons (Fsp3) is 0.143. The Morgan fingerprint density at radius 2 is 1.55 bits per heavy atom. The minimum atomic E-state index is -3.34. The van der Waals surface area contributed by atoms with Crippen LogP contribution in [0.3, 0.4) is 0 Å². The molecule has 1 unspecified atom stereocenters. The van der Waals surface area contributed by atoms with Crippen LogP contribution < -0.4 is 15.6 Å². The molecule has 0 saturated heterocycles. The van der Waals surface area contributed by atoms with Crippen LogP contribution in [0.2, 0.25) is 0 Å². The Balaban J connectivity index is 1.57. The van der Waals surface area contributed by atoms with E-state index < -0.39 is 27.8 Å². The van der Waals surface area contributed by atoms with Crippen LogP contribution in [-0.2, 0) is 14.6 Å². The van der Waals surface area contributed by atoms with E-state index in [1.807, 2.05) is 36.4 Å². The summed E-state index contributed by atoms with van der Waals surface area (Å²) in [4.78, 5) is 24.4. The molecule has 0 bridgehead atoms. The van der Waals surface area contributed by atoms with E-state index in [0.717, 1.165) is 17.0 Å². The van der Waals surface area contributed by atoms with Crippen LogP contribution in [0.5, 0.6) is 5.75 Å². The van der Waals surface area contributed by atoms with Crippen LogP contribution in [0, 0.1) is 0 Å². The fourth-order valence-electron chi connectivity index (χ4n) is 2.64. The summed E-state index contributed by atoms with van der Waals surface area (Å²) in [6.45, 7) is 1.57. The van der Waals surface area contributed by atoms with Gasteiger partial charge in [0.15, 0.2) is 15.9 Å². The lowest BCUT2D eigenvalue weighted by molar-refractivity contribution is -0.128. The number of amides is 2. The van der Waals surface area contributed by atoms with E-state index in [2.05, 4.69) is 10.9 Å². The molecule has 0 aliphatic carbocycles. The van der Waals surface area contributed by atoms with Gasteiger partial charge in [0.05, 0.1) is 4.90 Å². The minimum absolute atomic E-state index is 0.107. The van der Waals surface area contributed by atoms with Crippen molar-refractivity contribution in [2.45, 2.75) is 17.9 Å². The van der Waals surface area contributed by atoms with E-state index in [1.165, 1.54) is 24.3 Å². The molecule has 0 aliphatic heterocycles. The molecule has 8 heteroatoms. The number of nitrogens with one attached hydrogen (secondary N) is 2. The Bertz CT molecular complexity index is 1160. The molecule has 3 aromatic rings. The van der Waals surface area contributed by atoms with Crippen LogP contribution in [0.1, 0.15) is 17.3 Å². The summed E-state index contributed by atoms with van der Waals surface area (Å²) in [6.07, 6.45) is 0.239. The maximum absolute atomic E-state index is 12.2. The molecule has 0 fully saturated rings. The molecular formula is C21H20N2O5S. The van der Waals surface area contributed by atoms with Gasteiger partial charge in [-0.3, -0.25) is 20.4 Å². The van der Waals surface area contributed by atoms with Crippen LogP contribution in [0.15, 0.2) is 71.6 Å². The molecular weight excluding hydrogens is 392 g/mol. The largest absolute Gasteiger partial charge is 0.481 e. The smallest absolute Gasteiger partial charge is 0.279 e. The molecule has 29 heavy (non-hydrogen) atoms. The second-order valence-corrected chi connectivity index (χ2v) is 8.52. The maximum atomic E-state index is 12.2. The van der Waals surface area contributed by atoms with Gasteiger partial charge < -0.3 is 4.74 Å². The van der Waals surface area contributed by atoms with Crippen molar-refractivity contribution in [2.75, 3.05) is 6.26 Å². The van der Waals surface area contributed by atoms with Gasteiger partial charge in [-0.05, 0) is 54.1 Å². The zero-order chi connectivity index (χ0) is 21.0. The lowest BCUT2D eigenvalue weighted by Crippen LogP contribution is -2.47. The van der Waals surface area contributed by atoms with Gasteiger partial charge in [-0.15, -0.1) is 0 Å². The molecule has 3 aromatic carbocycles. The standard InChI is InChI=1S/C21H20N2O5S/c1-14(28-18-10-7-15-5-3-4-6-17(15)13-18)20(24)22-23-21(25)16-8-11-19(12-9-16)29(2,26)27/h3-14H,1-2H3,(H,22,24)(H,23,25). The summed E-state index contributed by atoms with van der Waals surface area (Å²) in [6, 6.07) is 18.7. The molecule has 0 aromatic heterocycles. The number of hydrogen-bond acceptors (Lipinski definition) is 5. The molecule has 7 nitrogen and oxygen atoms in total. The van der Waals surface area contributed by atoms with E-state index in [-0.39, 0.29) is 10.5 Å². The summed E-state index contributed by atoms with van der Waals surface area (Å²) >= 11 is 0. The van der Waals surface area contributed by atoms with Crippen molar-refractivity contribution in [2.24, 2.45) is 0 Å². The number of carbonyl (C=O) groups excluding carboxylic acids is 2. The van der Waals surface area contributed by atoms with Gasteiger partial charge >= 0.3 is 0 Å². The number of carbonyl (C=O) groups is 2. The zero-order valence-electron chi connectivity index (χ0n) is 15.9. The van der Waals surface area contributed by atoms with Gasteiger partial charge in [-0.1, -0.05) is 30.3 Å². The topological polar surface area (TPSA) is 102 Å². The van der Waals surface area contributed by atoms with Crippen LogP contribution in [0.4, 0.5) is 0 Å². The Morgan fingerprint density at radius 3 is 2.21 bits per heavy atom. The van der Waals surface area contributed by atoms with E-state index in [1.54, 1.807) is 13.0 Å². The molecule has 0 saturated carbocycles. The van der Waals surface area contributed by atoms with Crippen LogP contribution in [0.25, 0.3) is 10.8 Å². The highest BCUT2D eigenvalue weighted by Crippen LogP contribution is 2.21. The average molecular weight is 412 g/mol. The highest BCUT2D eigenvalue weighted by molar-refractivity contribution is 7.90. The summed E-state index contributed by atoms with van der Waals surface area (Å²) in [5.74, 6) is -0.565. The summed E-state index contributed by atoms with van der Waals surface area (Å²) in [7, 11) is -3.34. The molecule has 0 spiro atoms. The first-order valence-electron chi connectivity index (χ1n) is 8.80. The SMILES string of the molecule is CC(Oc1ccc2ccccc2c1)C(=O)NNC(=O)c1ccc(S(C)(=O)=O)cc1. The number of fused-ring (bicyclic) bond motifs is 1. The van der Waals surface area contributed by atoms with Gasteiger partial charge in [0, 0.05) is 11.8 Å². The minimum Gasteiger partial charge on any atom is -0.481 e. The third kappa shape index (κ3) is 5.11. The normalized spacial score (nSPS) is 12.2. The number of sulfone groups is 1. The first kappa shape index (κ1) is 20.3. The summed E-state index contributed by atoms with van der Waals surface area (Å²) < 4.78 is 28.6. The van der Waals surface area contributed by atoms with Crippen LogP contribution in [-0.4, -0.2) is 32.6 Å². The number of rotatable bonds is 5. The Morgan fingerprint density at radius 1 is 0.897 bits per heavy atom. The number of hydrogen-bond donors (Lipinski definition) is 2. The van der Waals surface area contributed by atoms with Crippen molar-refractivity contribution in [3.63, 3.8) is 0 Å². The number of hydrazine groups is 1. The van der Waals surface area contributed by atoms with E-state index in [0.29, 0.717) is 5.75 Å². The second-order valence-electron chi connectivity index (χ2n) is 6.51. The molecule has 2 amide bonds. The van der Waals surface area contributed by atoms with Crippen molar-refractivity contribution < 1.29 is 22.7 Å². The van der Waals surface area contributed by atoms with E-state index in [4.69, 9.17) is 4.74 Å². The maximum Gasteiger partial charge on any atom is 0.279 e. The average Bonchev–Trinajstić information content (AvgIpc) is 2.71. The van der Waals surface area contributed by atoms with E-state index in [9.17, 15) is 18.0 Å². The monoisotopic (exact) mass is 412 g/mol. The van der Waals surface area contributed by atoms with Crippen molar-refractivity contribution in [1.29, 1.82) is 0 Å². The Labute approximate surface area is 168 Å². The third-order valence-electron chi connectivity index (χ3n) is 4.25. The highest BCUT2D eigenvalue weighted by Gasteiger charge is 2.16. The summed E-state index contributed by atoms with van der Waals surface area (Å²) in [5, 5.41) is 2.05. The molecule has 2 N–H and O–H groups in total. The lowest BCUT2D eigenvalue weighted by atomic mass is 10.1. The molecule has 3 rings (SSSR count). The van der Waals surface area contributed by atoms with Gasteiger partial charge in [0.1, 0.15) is 5.75 Å². The Kier molecular flexibility index (Phi) is 5.84. The van der Waals surface area contributed by atoms with Crippen LogP contribution >= 0.6 is 0 Å². The quantitative estimate of drug-likeness (QED) is 0.627. The number of ether oxygens (including phenoxy) is 1. The van der Waals surface area contributed by atoms with Gasteiger partial charge in [0.2, 0.25) is 0 Å². The van der Waals surface area contributed by atoms with Gasteiger partial charge in [-0.25, -0.2) is 8.42 Å². The van der Waals surface area contributed by atoms with Gasteiger partial charge in [0.25, 0.3) is 11.8 Å². The Hall–Kier alpha value is -3.39. The molecule has 0 radical (unpaired) electrons. The van der Waals surface area contributed by atoms with Gasteiger partial charge in [-0.2, -0.15) is 0 Å². The van der Waals surface area contributed by atoms with Crippen molar-refractivity contribution in [1.82, 2.24) is 10.9 Å². The zero-order valence-corrected chi connectivity index (χ0v) is 16.7. The van der Waals surface area contributed by atoms with Crippen molar-refractivity contribution in [3.8, 4) is 5.75 Å². The predicted octanol–water partition coefficient (Wildman–Crippen LogP) is 2.47. The molecule has 150 valence electrons. The first-order chi connectivity index (χ1) is 13.7.